The van der Waals surface area contributed by atoms with E-state index in [9.17, 15) is 35.6 Å². The van der Waals surface area contributed by atoms with E-state index >= 15 is 0 Å². The van der Waals surface area contributed by atoms with Gasteiger partial charge in [0.05, 0.1) is 29.3 Å². The summed E-state index contributed by atoms with van der Waals surface area (Å²) in [5.74, 6) is -3.87. The maximum Gasteiger partial charge on any atom is 0.586 e. The Labute approximate surface area is 205 Å². The van der Waals surface area contributed by atoms with Crippen molar-refractivity contribution >= 4 is 26.8 Å². The Morgan fingerprint density at radius 3 is 2.59 bits per heavy atom. The van der Waals surface area contributed by atoms with E-state index < -0.39 is 63.2 Å². The van der Waals surface area contributed by atoms with Gasteiger partial charge < -0.3 is 19.0 Å². The van der Waals surface area contributed by atoms with Crippen LogP contribution in [0.3, 0.4) is 0 Å². The van der Waals surface area contributed by atoms with E-state index in [2.05, 4.69) is 14.5 Å². The van der Waals surface area contributed by atoms with Crippen LogP contribution >= 0.6 is 0 Å². The molecule has 192 valence electrons. The van der Waals surface area contributed by atoms with Gasteiger partial charge in [-0.25, -0.2) is 21.9 Å². The molecule has 0 saturated carbocycles. The summed E-state index contributed by atoms with van der Waals surface area (Å²) in [6.45, 7) is -0.548. The number of hydrogen-bond donors (Lipinski definition) is 2. The number of fused-ring (bicyclic) bond motifs is 3. The predicted octanol–water partition coefficient (Wildman–Crippen LogP) is 3.33. The van der Waals surface area contributed by atoms with Gasteiger partial charge in [0.1, 0.15) is 17.3 Å². The van der Waals surface area contributed by atoms with Crippen LogP contribution in [0.4, 0.5) is 17.6 Å². The fraction of sp³-hybridized carbons (Fsp3) is 0.130. The molecular weight excluding hydrogens is 522 g/mol. The van der Waals surface area contributed by atoms with E-state index in [1.807, 2.05) is 0 Å². The lowest BCUT2D eigenvalue weighted by molar-refractivity contribution is -0.286. The summed E-state index contributed by atoms with van der Waals surface area (Å²) in [6, 6.07) is 7.59. The average Bonchev–Trinajstić information content (AvgIpc) is 3.28. The molecule has 2 aromatic carbocycles. The van der Waals surface area contributed by atoms with Gasteiger partial charge in [0.15, 0.2) is 11.5 Å². The van der Waals surface area contributed by atoms with Crippen molar-refractivity contribution in [1.82, 2.24) is 14.3 Å². The van der Waals surface area contributed by atoms with Crippen LogP contribution in [0.2, 0.25) is 0 Å². The summed E-state index contributed by atoms with van der Waals surface area (Å²) in [6.07, 6.45) is -2.10. The van der Waals surface area contributed by atoms with Crippen molar-refractivity contribution in [2.45, 2.75) is 12.8 Å². The third-order valence-electron chi connectivity index (χ3n) is 5.51. The number of nitrogens with one attached hydrogen (secondary N) is 2. The second kappa shape index (κ2) is 8.37. The monoisotopic (exact) mass is 537 g/mol. The van der Waals surface area contributed by atoms with E-state index in [0.29, 0.717) is 6.26 Å². The van der Waals surface area contributed by atoms with Crippen LogP contribution in [0.15, 0.2) is 53.5 Å². The van der Waals surface area contributed by atoms with Crippen molar-refractivity contribution in [3.05, 3.63) is 81.9 Å². The number of aromatic amines is 1. The Morgan fingerprint density at radius 2 is 1.89 bits per heavy atom. The number of alkyl halides is 2. The Morgan fingerprint density at radius 1 is 1.14 bits per heavy atom. The van der Waals surface area contributed by atoms with Crippen molar-refractivity contribution in [3.63, 3.8) is 0 Å². The standard InChI is InChI=1S/C23H15F4N3O6S/c1-37(33,34)29-22(32)19-17(13-3-2-8-28-21(13)31)18-15(6-7-16-20(18)36-23(26,27)35-16)30(19)10-11-9-12(24)4-5-14(11)25/h2-9H,10H2,1H3,(H,28,31)(H,29,32). The number of halogens is 4. The molecule has 9 nitrogen and oxygen atoms in total. The van der Waals surface area contributed by atoms with Gasteiger partial charge in [-0.05, 0) is 42.5 Å². The first-order chi connectivity index (χ1) is 17.3. The van der Waals surface area contributed by atoms with E-state index in [1.165, 1.54) is 24.4 Å². The third kappa shape index (κ3) is 4.39. The van der Waals surface area contributed by atoms with Crippen LogP contribution in [0.1, 0.15) is 16.1 Å². The Bertz CT molecular complexity index is 1760. The van der Waals surface area contributed by atoms with Crippen molar-refractivity contribution in [1.29, 1.82) is 0 Å². The molecule has 4 aromatic rings. The first kappa shape index (κ1) is 24.4. The number of ether oxygens (including phenoxy) is 2. The molecule has 3 heterocycles. The first-order valence-electron chi connectivity index (χ1n) is 10.4. The van der Waals surface area contributed by atoms with Crippen LogP contribution in [-0.2, 0) is 16.6 Å². The van der Waals surface area contributed by atoms with Gasteiger partial charge in [0.25, 0.3) is 11.5 Å². The van der Waals surface area contributed by atoms with Gasteiger partial charge in [-0.1, -0.05) is 0 Å². The van der Waals surface area contributed by atoms with Crippen molar-refractivity contribution < 1.29 is 40.2 Å². The molecule has 0 saturated heterocycles. The van der Waals surface area contributed by atoms with Gasteiger partial charge in [0, 0.05) is 17.3 Å². The molecule has 0 fully saturated rings. The topological polar surface area (TPSA) is 119 Å². The molecular formula is C23H15F4N3O6S. The largest absolute Gasteiger partial charge is 0.586 e. The lowest BCUT2D eigenvalue weighted by Crippen LogP contribution is -2.32. The Balaban J connectivity index is 1.92. The van der Waals surface area contributed by atoms with Crippen LogP contribution in [0.25, 0.3) is 22.0 Å². The quantitative estimate of drug-likeness (QED) is 0.377. The van der Waals surface area contributed by atoms with Crippen LogP contribution in [0, 0.1) is 11.6 Å². The van der Waals surface area contributed by atoms with Gasteiger partial charge in [-0.3, -0.25) is 9.59 Å². The average molecular weight is 537 g/mol. The number of nitrogens with zero attached hydrogens (tertiary/aromatic N) is 1. The molecule has 5 rings (SSSR count). The van der Waals surface area contributed by atoms with Crippen molar-refractivity contribution in [3.8, 4) is 22.6 Å². The maximum absolute atomic E-state index is 14.6. The Kier molecular flexibility index (Phi) is 5.51. The summed E-state index contributed by atoms with van der Waals surface area (Å²) in [5.41, 5.74) is -2.03. The zero-order valence-corrected chi connectivity index (χ0v) is 19.5. The molecule has 0 atom stereocenters. The summed E-state index contributed by atoms with van der Waals surface area (Å²) in [7, 11) is -4.16. The van der Waals surface area contributed by atoms with Crippen LogP contribution < -0.4 is 19.8 Å². The predicted molar refractivity (Wildman–Crippen MR) is 122 cm³/mol. The van der Waals surface area contributed by atoms with Crippen LogP contribution in [-0.4, -0.2) is 36.4 Å². The fourth-order valence-corrected chi connectivity index (χ4v) is 4.61. The first-order valence-corrected chi connectivity index (χ1v) is 12.3. The number of sulfonamides is 1. The molecule has 0 aliphatic carbocycles. The lowest BCUT2D eigenvalue weighted by atomic mass is 10.0. The number of benzene rings is 2. The number of amides is 1. The highest BCUT2D eigenvalue weighted by Gasteiger charge is 2.46. The van der Waals surface area contributed by atoms with Gasteiger partial charge in [-0.15, -0.1) is 8.78 Å². The minimum Gasteiger partial charge on any atom is -0.395 e. The fourth-order valence-electron chi connectivity index (χ4n) is 4.18. The highest BCUT2D eigenvalue weighted by atomic mass is 32.2. The number of H-pyrrole nitrogens is 1. The molecule has 0 spiro atoms. The minimum absolute atomic E-state index is 0.0272. The molecule has 14 heteroatoms. The molecule has 0 unspecified atom stereocenters. The SMILES string of the molecule is CS(=O)(=O)NC(=O)c1c(-c2ccc[nH]c2=O)c2c3c(ccc2n1Cc1cc(F)ccc1F)OC(F)(F)O3. The number of rotatable bonds is 5. The maximum atomic E-state index is 14.6. The summed E-state index contributed by atoms with van der Waals surface area (Å²) in [4.78, 5) is 28.5. The van der Waals surface area contributed by atoms with E-state index in [1.54, 1.807) is 4.72 Å². The second-order valence-electron chi connectivity index (χ2n) is 8.12. The zero-order valence-electron chi connectivity index (χ0n) is 18.6. The van der Waals surface area contributed by atoms with Crippen molar-refractivity contribution in [2.24, 2.45) is 0 Å². The van der Waals surface area contributed by atoms with E-state index in [0.717, 1.165) is 28.8 Å². The minimum atomic E-state index is -4.16. The van der Waals surface area contributed by atoms with Gasteiger partial charge >= 0.3 is 6.29 Å². The number of carbonyl (C=O) groups is 1. The molecule has 37 heavy (non-hydrogen) atoms. The molecule has 1 aliphatic heterocycles. The number of carbonyl (C=O) groups excluding carboxylic acids is 1. The molecule has 0 bridgehead atoms. The Hall–Kier alpha value is -4.33. The lowest BCUT2D eigenvalue weighted by Gasteiger charge is -2.13. The smallest absolute Gasteiger partial charge is 0.395 e. The van der Waals surface area contributed by atoms with E-state index in [-0.39, 0.29) is 27.6 Å². The molecule has 1 aliphatic rings. The highest BCUT2D eigenvalue weighted by molar-refractivity contribution is 7.89. The number of pyridine rings is 1. The highest BCUT2D eigenvalue weighted by Crippen LogP contribution is 2.50. The van der Waals surface area contributed by atoms with E-state index in [4.69, 9.17) is 0 Å². The number of aromatic nitrogens is 2. The summed E-state index contributed by atoms with van der Waals surface area (Å²) >= 11 is 0. The second-order valence-corrected chi connectivity index (χ2v) is 9.86. The van der Waals surface area contributed by atoms with Crippen molar-refractivity contribution in [2.75, 3.05) is 6.26 Å². The summed E-state index contributed by atoms with van der Waals surface area (Å²) in [5, 5.41) is -0.207. The van der Waals surface area contributed by atoms with Gasteiger partial charge in [-0.2, -0.15) is 0 Å². The molecule has 2 N–H and O–H groups in total. The van der Waals surface area contributed by atoms with Crippen LogP contribution in [0.5, 0.6) is 11.5 Å². The van der Waals surface area contributed by atoms with Gasteiger partial charge in [0.2, 0.25) is 10.0 Å². The number of hydrogen-bond acceptors (Lipinski definition) is 6. The zero-order chi connectivity index (χ0) is 26.7. The molecule has 0 radical (unpaired) electrons. The summed E-state index contributed by atoms with van der Waals surface area (Å²) < 4.78 is 92.5. The molecule has 2 aromatic heterocycles. The third-order valence-corrected chi connectivity index (χ3v) is 6.07. The normalized spacial score (nSPS) is 14.2. The molecule has 1 amide bonds.